The lowest BCUT2D eigenvalue weighted by molar-refractivity contribution is -0.116. The summed E-state index contributed by atoms with van der Waals surface area (Å²) in [5.74, 6) is 0.0608. The monoisotopic (exact) mass is 410 g/mol. The van der Waals surface area contributed by atoms with E-state index in [9.17, 15) is 9.59 Å². The Labute approximate surface area is 174 Å². The lowest BCUT2D eigenvalue weighted by atomic mass is 10.1. The largest absolute Gasteiger partial charge is 0.444 e. The second kappa shape index (κ2) is 9.34. The molecule has 0 unspecified atom stereocenters. The number of nitrogens with zero attached hydrogens (tertiary/aromatic N) is 4. The van der Waals surface area contributed by atoms with Crippen molar-refractivity contribution in [2.45, 2.75) is 39.2 Å². The van der Waals surface area contributed by atoms with Crippen LogP contribution in [0.25, 0.3) is 11.2 Å². The minimum Gasteiger partial charge on any atom is -0.444 e. The molecule has 0 aliphatic rings. The molecular formula is C21H26N6O3. The van der Waals surface area contributed by atoms with Gasteiger partial charge in [-0.05, 0) is 32.8 Å². The van der Waals surface area contributed by atoms with Crippen LogP contribution in [0.3, 0.4) is 0 Å². The molecule has 0 aliphatic carbocycles. The zero-order chi connectivity index (χ0) is 21.6. The molecule has 9 nitrogen and oxygen atoms in total. The van der Waals surface area contributed by atoms with Gasteiger partial charge in [0.05, 0.1) is 6.33 Å². The van der Waals surface area contributed by atoms with E-state index >= 15 is 0 Å². The van der Waals surface area contributed by atoms with Crippen molar-refractivity contribution in [2.75, 3.05) is 18.4 Å². The standard InChI is InChI=1S/C21H26N6O3/c1-21(2,3)30-20(29)27(11-9-15-7-5-4-6-8-15)12-10-16(28)26-19-17-18(23-13-22-17)24-14-25-19/h4-8,13-14H,9-12H2,1-3H3,(H2,22,23,24,25,26,28). The Kier molecular flexibility index (Phi) is 6.61. The summed E-state index contributed by atoms with van der Waals surface area (Å²) in [6.45, 7) is 6.12. The molecule has 2 heterocycles. The van der Waals surface area contributed by atoms with Gasteiger partial charge in [0.1, 0.15) is 11.9 Å². The molecule has 0 saturated heterocycles. The molecule has 158 valence electrons. The number of imidazole rings is 1. The van der Waals surface area contributed by atoms with E-state index in [0.717, 1.165) is 5.56 Å². The van der Waals surface area contributed by atoms with Crippen molar-refractivity contribution in [1.29, 1.82) is 0 Å². The number of rotatable bonds is 7. The van der Waals surface area contributed by atoms with Crippen LogP contribution in [0, 0.1) is 0 Å². The Hall–Kier alpha value is -3.49. The van der Waals surface area contributed by atoms with Crippen LogP contribution in [0.15, 0.2) is 43.0 Å². The SMILES string of the molecule is CC(C)(C)OC(=O)N(CCC(=O)Nc1ncnc2[nH]cnc12)CCc1ccccc1. The smallest absolute Gasteiger partial charge is 0.410 e. The van der Waals surface area contributed by atoms with Crippen LogP contribution in [0.4, 0.5) is 10.6 Å². The second-order valence-electron chi connectivity index (χ2n) is 7.82. The number of carbonyl (C=O) groups excluding carboxylic acids is 2. The van der Waals surface area contributed by atoms with Gasteiger partial charge in [0.2, 0.25) is 5.91 Å². The van der Waals surface area contributed by atoms with Crippen molar-refractivity contribution in [3.05, 3.63) is 48.5 Å². The number of benzene rings is 1. The molecule has 2 N–H and O–H groups in total. The number of hydrogen-bond acceptors (Lipinski definition) is 6. The summed E-state index contributed by atoms with van der Waals surface area (Å²) in [7, 11) is 0. The fraction of sp³-hybridized carbons (Fsp3) is 0.381. The van der Waals surface area contributed by atoms with E-state index < -0.39 is 11.7 Å². The summed E-state index contributed by atoms with van der Waals surface area (Å²) in [5, 5.41) is 2.74. The van der Waals surface area contributed by atoms with Crippen LogP contribution in [0.2, 0.25) is 0 Å². The molecule has 0 aliphatic heterocycles. The molecule has 30 heavy (non-hydrogen) atoms. The minimum absolute atomic E-state index is 0.101. The summed E-state index contributed by atoms with van der Waals surface area (Å²) in [5.41, 5.74) is 1.52. The normalized spacial score (nSPS) is 11.3. The van der Waals surface area contributed by atoms with Crippen molar-refractivity contribution < 1.29 is 14.3 Å². The molecule has 3 rings (SSSR count). The molecule has 0 bridgehead atoms. The summed E-state index contributed by atoms with van der Waals surface area (Å²) in [4.78, 5) is 41.8. The Balaban J connectivity index is 1.62. The number of fused-ring (bicyclic) bond motifs is 1. The zero-order valence-corrected chi connectivity index (χ0v) is 17.4. The van der Waals surface area contributed by atoms with Gasteiger partial charge in [0.15, 0.2) is 17.0 Å². The molecule has 0 spiro atoms. The third-order valence-electron chi connectivity index (χ3n) is 4.25. The van der Waals surface area contributed by atoms with Gasteiger partial charge in [-0.1, -0.05) is 30.3 Å². The van der Waals surface area contributed by atoms with Gasteiger partial charge >= 0.3 is 6.09 Å². The van der Waals surface area contributed by atoms with E-state index in [4.69, 9.17) is 4.74 Å². The highest BCUT2D eigenvalue weighted by Crippen LogP contribution is 2.15. The number of anilines is 1. The first-order valence-corrected chi connectivity index (χ1v) is 9.77. The number of nitrogens with one attached hydrogen (secondary N) is 2. The number of hydrogen-bond donors (Lipinski definition) is 2. The topological polar surface area (TPSA) is 113 Å². The maximum atomic E-state index is 12.6. The average molecular weight is 410 g/mol. The van der Waals surface area contributed by atoms with Gasteiger partial charge < -0.3 is 19.9 Å². The molecule has 0 radical (unpaired) electrons. The maximum Gasteiger partial charge on any atom is 0.410 e. The number of ether oxygens (including phenoxy) is 1. The van der Waals surface area contributed by atoms with E-state index in [0.29, 0.717) is 29.9 Å². The molecule has 9 heteroatoms. The van der Waals surface area contributed by atoms with Crippen LogP contribution < -0.4 is 5.32 Å². The Bertz CT molecular complexity index is 997. The molecule has 1 aromatic carbocycles. The lowest BCUT2D eigenvalue weighted by Crippen LogP contribution is -2.39. The van der Waals surface area contributed by atoms with Gasteiger partial charge in [0, 0.05) is 19.5 Å². The highest BCUT2D eigenvalue weighted by molar-refractivity contribution is 5.96. The number of H-pyrrole nitrogens is 1. The molecular weight excluding hydrogens is 384 g/mol. The fourth-order valence-corrected chi connectivity index (χ4v) is 2.82. The molecule has 0 atom stereocenters. The molecule has 3 aromatic rings. The zero-order valence-electron chi connectivity index (χ0n) is 17.4. The summed E-state index contributed by atoms with van der Waals surface area (Å²) in [6, 6.07) is 9.87. The van der Waals surface area contributed by atoms with Gasteiger partial charge in [-0.3, -0.25) is 4.79 Å². The Morgan fingerprint density at radius 2 is 1.87 bits per heavy atom. The quantitative estimate of drug-likeness (QED) is 0.619. The van der Waals surface area contributed by atoms with Gasteiger partial charge in [-0.2, -0.15) is 0 Å². The van der Waals surface area contributed by atoms with Crippen molar-refractivity contribution in [2.24, 2.45) is 0 Å². The fourth-order valence-electron chi connectivity index (χ4n) is 2.82. The molecule has 2 amide bonds. The number of aromatic nitrogens is 4. The second-order valence-corrected chi connectivity index (χ2v) is 7.82. The third kappa shape index (κ3) is 6.00. The molecule has 2 aromatic heterocycles. The van der Waals surface area contributed by atoms with E-state index in [1.54, 1.807) is 4.90 Å². The van der Waals surface area contributed by atoms with Crippen LogP contribution in [-0.2, 0) is 16.0 Å². The van der Waals surface area contributed by atoms with E-state index in [-0.39, 0.29) is 18.9 Å². The molecule has 0 fully saturated rings. The van der Waals surface area contributed by atoms with Crippen molar-refractivity contribution in [1.82, 2.24) is 24.8 Å². The third-order valence-corrected chi connectivity index (χ3v) is 4.25. The maximum absolute atomic E-state index is 12.6. The number of aromatic amines is 1. The predicted octanol–water partition coefficient (Wildman–Crippen LogP) is 3.16. The minimum atomic E-state index is -0.614. The van der Waals surface area contributed by atoms with Gasteiger partial charge in [0.25, 0.3) is 0 Å². The van der Waals surface area contributed by atoms with Crippen molar-refractivity contribution in [3.8, 4) is 0 Å². The van der Waals surface area contributed by atoms with Crippen LogP contribution >= 0.6 is 0 Å². The van der Waals surface area contributed by atoms with Crippen LogP contribution in [0.5, 0.6) is 0 Å². The summed E-state index contributed by atoms with van der Waals surface area (Å²) < 4.78 is 5.51. The van der Waals surface area contributed by atoms with E-state index in [1.807, 2.05) is 51.1 Å². The summed E-state index contributed by atoms with van der Waals surface area (Å²) >= 11 is 0. The Morgan fingerprint density at radius 3 is 2.60 bits per heavy atom. The van der Waals surface area contributed by atoms with E-state index in [1.165, 1.54) is 12.7 Å². The van der Waals surface area contributed by atoms with Crippen LogP contribution in [-0.4, -0.2) is 55.5 Å². The first-order chi connectivity index (χ1) is 14.3. The van der Waals surface area contributed by atoms with Crippen LogP contribution in [0.1, 0.15) is 32.8 Å². The first-order valence-electron chi connectivity index (χ1n) is 9.77. The number of amides is 2. The van der Waals surface area contributed by atoms with Gasteiger partial charge in [-0.25, -0.2) is 19.7 Å². The highest BCUT2D eigenvalue weighted by Gasteiger charge is 2.23. The average Bonchev–Trinajstić information content (AvgIpc) is 3.17. The lowest BCUT2D eigenvalue weighted by Gasteiger charge is -2.27. The van der Waals surface area contributed by atoms with Crippen molar-refractivity contribution >= 4 is 29.0 Å². The molecule has 0 saturated carbocycles. The first kappa shape index (κ1) is 21.2. The predicted molar refractivity (Wildman–Crippen MR) is 113 cm³/mol. The van der Waals surface area contributed by atoms with Gasteiger partial charge in [-0.15, -0.1) is 0 Å². The van der Waals surface area contributed by atoms with Crippen molar-refractivity contribution in [3.63, 3.8) is 0 Å². The summed E-state index contributed by atoms with van der Waals surface area (Å²) in [6.07, 6.45) is 3.17. The highest BCUT2D eigenvalue weighted by atomic mass is 16.6. The number of carbonyl (C=O) groups is 2. The Morgan fingerprint density at radius 1 is 1.10 bits per heavy atom. The van der Waals surface area contributed by atoms with E-state index in [2.05, 4.69) is 25.3 Å².